The predicted molar refractivity (Wildman–Crippen MR) is 83.2 cm³/mol. The number of ether oxygens (including phenoxy) is 1. The number of fused-ring (bicyclic) bond motifs is 1. The van der Waals surface area contributed by atoms with Gasteiger partial charge < -0.3 is 10.1 Å². The highest BCUT2D eigenvalue weighted by molar-refractivity contribution is 5.94. The molecule has 3 heterocycles. The first-order valence-electron chi connectivity index (χ1n) is 7.40. The van der Waals surface area contributed by atoms with Crippen molar-refractivity contribution in [1.82, 2.24) is 14.8 Å². The Labute approximate surface area is 129 Å². The number of anilines is 1. The largest absolute Gasteiger partial charge is 0.481 e. The number of rotatable bonds is 3. The molecule has 0 fully saturated rings. The van der Waals surface area contributed by atoms with Crippen LogP contribution in [0.3, 0.4) is 0 Å². The lowest BCUT2D eigenvalue weighted by atomic mass is 9.86. The van der Waals surface area contributed by atoms with Crippen LogP contribution < -0.4 is 10.1 Å². The van der Waals surface area contributed by atoms with Gasteiger partial charge in [-0.05, 0) is 26.8 Å². The average Bonchev–Trinajstić information content (AvgIpc) is 2.83. The number of hydrogen-bond acceptors (Lipinski definition) is 4. The lowest BCUT2D eigenvalue weighted by Crippen LogP contribution is -2.25. The van der Waals surface area contributed by atoms with E-state index in [-0.39, 0.29) is 17.9 Å². The summed E-state index contributed by atoms with van der Waals surface area (Å²) in [4.78, 5) is 16.4. The highest BCUT2D eigenvalue weighted by atomic mass is 16.5. The second-order valence-corrected chi connectivity index (χ2v) is 5.79. The van der Waals surface area contributed by atoms with E-state index in [0.29, 0.717) is 12.3 Å². The van der Waals surface area contributed by atoms with Gasteiger partial charge in [-0.25, -0.2) is 9.67 Å². The Morgan fingerprint density at radius 2 is 2.23 bits per heavy atom. The van der Waals surface area contributed by atoms with E-state index in [4.69, 9.17) is 4.74 Å². The molecule has 6 heteroatoms. The van der Waals surface area contributed by atoms with Crippen LogP contribution in [-0.2, 0) is 4.79 Å². The normalized spacial score (nSPS) is 17.3. The Hall–Kier alpha value is -2.37. The summed E-state index contributed by atoms with van der Waals surface area (Å²) in [7, 11) is 1.60. The standard InChI is InChI=1S/C16H20N4O2/c1-9(2)20-15-14(10(3)19-20)12(8-13(21)18-15)11-6-5-7-17-16(11)22-4/h5-7,9,12H,8H2,1-4H3,(H,18,21)/t12-/m0/s1. The summed E-state index contributed by atoms with van der Waals surface area (Å²) in [5, 5.41) is 7.57. The van der Waals surface area contributed by atoms with E-state index in [1.165, 1.54) is 0 Å². The summed E-state index contributed by atoms with van der Waals surface area (Å²) in [5.41, 5.74) is 2.91. The molecule has 0 aliphatic carbocycles. The monoisotopic (exact) mass is 300 g/mol. The van der Waals surface area contributed by atoms with E-state index in [1.807, 2.05) is 37.6 Å². The van der Waals surface area contributed by atoms with Gasteiger partial charge in [0.2, 0.25) is 11.8 Å². The van der Waals surface area contributed by atoms with Crippen molar-refractivity contribution in [2.24, 2.45) is 0 Å². The van der Waals surface area contributed by atoms with Gasteiger partial charge in [0, 0.05) is 35.7 Å². The summed E-state index contributed by atoms with van der Waals surface area (Å²) in [6.07, 6.45) is 2.07. The maximum atomic E-state index is 12.2. The van der Waals surface area contributed by atoms with Crippen molar-refractivity contribution in [3.63, 3.8) is 0 Å². The fourth-order valence-corrected chi connectivity index (χ4v) is 3.05. The molecule has 1 aliphatic heterocycles. The van der Waals surface area contributed by atoms with Gasteiger partial charge in [0.1, 0.15) is 5.82 Å². The third-order valence-corrected chi connectivity index (χ3v) is 3.99. The molecule has 3 rings (SSSR count). The smallest absolute Gasteiger partial charge is 0.226 e. The minimum atomic E-state index is -0.0834. The van der Waals surface area contributed by atoms with Crippen molar-refractivity contribution in [2.75, 3.05) is 12.4 Å². The van der Waals surface area contributed by atoms with Gasteiger partial charge in [0.15, 0.2) is 0 Å². The molecule has 0 saturated heterocycles. The van der Waals surface area contributed by atoms with Crippen LogP contribution in [0.15, 0.2) is 18.3 Å². The first kappa shape index (κ1) is 14.6. The van der Waals surface area contributed by atoms with Crippen molar-refractivity contribution in [1.29, 1.82) is 0 Å². The molecule has 0 radical (unpaired) electrons. The second kappa shape index (κ2) is 5.44. The first-order valence-corrected chi connectivity index (χ1v) is 7.40. The zero-order valence-corrected chi connectivity index (χ0v) is 13.3. The topological polar surface area (TPSA) is 69.0 Å². The predicted octanol–water partition coefficient (Wildman–Crippen LogP) is 2.65. The quantitative estimate of drug-likeness (QED) is 0.946. The molecule has 0 spiro atoms. The number of nitrogens with zero attached hydrogens (tertiary/aromatic N) is 3. The number of nitrogens with one attached hydrogen (secondary N) is 1. The molecule has 2 aromatic rings. The van der Waals surface area contributed by atoms with E-state index in [2.05, 4.69) is 15.4 Å². The minimum Gasteiger partial charge on any atom is -0.481 e. The Bertz CT molecular complexity index is 721. The van der Waals surface area contributed by atoms with Crippen LogP contribution in [0.4, 0.5) is 5.82 Å². The van der Waals surface area contributed by atoms with E-state index >= 15 is 0 Å². The number of pyridine rings is 1. The van der Waals surface area contributed by atoms with Crippen LogP contribution in [0, 0.1) is 6.92 Å². The van der Waals surface area contributed by atoms with Crippen LogP contribution in [0.1, 0.15) is 49.0 Å². The number of methoxy groups -OCH3 is 1. The molecule has 1 N–H and O–H groups in total. The summed E-state index contributed by atoms with van der Waals surface area (Å²) in [5.74, 6) is 1.26. The zero-order valence-electron chi connectivity index (χ0n) is 13.3. The number of carbonyl (C=O) groups is 1. The van der Waals surface area contributed by atoms with Gasteiger partial charge >= 0.3 is 0 Å². The first-order chi connectivity index (χ1) is 10.5. The molecule has 2 aromatic heterocycles. The highest BCUT2D eigenvalue weighted by Gasteiger charge is 2.34. The maximum Gasteiger partial charge on any atom is 0.226 e. The van der Waals surface area contributed by atoms with Crippen LogP contribution >= 0.6 is 0 Å². The van der Waals surface area contributed by atoms with Gasteiger partial charge in [-0.3, -0.25) is 4.79 Å². The van der Waals surface area contributed by atoms with E-state index < -0.39 is 0 Å². The molecule has 0 aromatic carbocycles. The van der Waals surface area contributed by atoms with E-state index in [0.717, 1.165) is 22.6 Å². The van der Waals surface area contributed by atoms with Crippen LogP contribution in [0.5, 0.6) is 5.88 Å². The molecule has 0 saturated carbocycles. The molecule has 1 aliphatic rings. The second-order valence-electron chi connectivity index (χ2n) is 5.79. The van der Waals surface area contributed by atoms with Crippen LogP contribution in [0.25, 0.3) is 0 Å². The van der Waals surface area contributed by atoms with Crippen molar-refractivity contribution in [2.45, 2.75) is 39.2 Å². The van der Waals surface area contributed by atoms with Gasteiger partial charge in [0.05, 0.1) is 12.8 Å². The molecule has 116 valence electrons. The van der Waals surface area contributed by atoms with Gasteiger partial charge in [-0.2, -0.15) is 5.10 Å². The number of aryl methyl sites for hydroxylation is 1. The van der Waals surface area contributed by atoms with Gasteiger partial charge in [-0.1, -0.05) is 6.07 Å². The number of amides is 1. The molecule has 6 nitrogen and oxygen atoms in total. The fourth-order valence-electron chi connectivity index (χ4n) is 3.05. The van der Waals surface area contributed by atoms with Crippen LogP contribution in [0.2, 0.25) is 0 Å². The Balaban J connectivity index is 2.18. The third-order valence-electron chi connectivity index (χ3n) is 3.99. The summed E-state index contributed by atoms with van der Waals surface area (Å²) >= 11 is 0. The molecule has 0 bridgehead atoms. The maximum absolute atomic E-state index is 12.2. The molecular formula is C16H20N4O2. The lowest BCUT2D eigenvalue weighted by Gasteiger charge is -2.25. The molecule has 1 amide bonds. The summed E-state index contributed by atoms with van der Waals surface area (Å²) in [6.45, 7) is 6.07. The molecule has 0 unspecified atom stereocenters. The summed E-state index contributed by atoms with van der Waals surface area (Å²) < 4.78 is 7.25. The SMILES string of the molecule is COc1ncccc1[C@@H]1CC(=O)Nc2c1c(C)nn2C(C)C. The average molecular weight is 300 g/mol. The zero-order chi connectivity index (χ0) is 15.9. The fraction of sp³-hybridized carbons (Fsp3) is 0.438. The van der Waals surface area contributed by atoms with Crippen LogP contribution in [-0.4, -0.2) is 27.8 Å². The number of aromatic nitrogens is 3. The lowest BCUT2D eigenvalue weighted by molar-refractivity contribution is -0.116. The van der Waals surface area contributed by atoms with Crippen molar-refractivity contribution < 1.29 is 9.53 Å². The molecular weight excluding hydrogens is 280 g/mol. The van der Waals surface area contributed by atoms with Gasteiger partial charge in [-0.15, -0.1) is 0 Å². The molecule has 1 atom stereocenters. The third kappa shape index (κ3) is 2.24. The molecule has 22 heavy (non-hydrogen) atoms. The summed E-state index contributed by atoms with van der Waals surface area (Å²) in [6, 6.07) is 4.01. The van der Waals surface area contributed by atoms with Crippen molar-refractivity contribution >= 4 is 11.7 Å². The van der Waals surface area contributed by atoms with Crippen molar-refractivity contribution in [3.8, 4) is 5.88 Å². The van der Waals surface area contributed by atoms with Crippen molar-refractivity contribution in [3.05, 3.63) is 35.2 Å². The number of hydrogen-bond donors (Lipinski definition) is 1. The number of carbonyl (C=O) groups excluding carboxylic acids is 1. The van der Waals surface area contributed by atoms with E-state index in [9.17, 15) is 4.79 Å². The minimum absolute atomic E-state index is 0.00907. The Morgan fingerprint density at radius 3 is 2.91 bits per heavy atom. The van der Waals surface area contributed by atoms with Gasteiger partial charge in [0.25, 0.3) is 0 Å². The highest BCUT2D eigenvalue weighted by Crippen LogP contribution is 2.42. The Kier molecular flexibility index (Phi) is 3.60. The van der Waals surface area contributed by atoms with E-state index in [1.54, 1.807) is 13.3 Å². The Morgan fingerprint density at radius 1 is 1.45 bits per heavy atom.